The van der Waals surface area contributed by atoms with Crippen LogP contribution in [0.1, 0.15) is 63.2 Å². The number of ether oxygens (including phenoxy) is 1. The standard InChI is InChI=1S/C36H39Cl2N3O7S/c37-25-10-6-23(7-11-25)30(42)21-49-34-33(41(35(34)45)27-14-12-26(38)13-15-27)24-8-16-28(17-9-24)48-20-32(44)39-19-31(43)40-29(36(46)47)18-22-4-2-1-3-5-22/h6-17,22,29-30,33-34,42H,1-5,18-21H2,(H,39,44)(H,40,43)(H,46,47)/t29-,30?,33+,34+/m0/s1/i22D. The number of hydrogen-bond acceptors (Lipinski definition) is 7. The van der Waals surface area contributed by atoms with Gasteiger partial charge in [0.25, 0.3) is 5.91 Å². The fraction of sp³-hybridized carbons (Fsp3) is 0.389. The molecule has 1 unspecified atom stereocenters. The Morgan fingerprint density at radius 1 is 0.939 bits per heavy atom. The van der Waals surface area contributed by atoms with Crippen molar-refractivity contribution < 1.29 is 35.5 Å². The summed E-state index contributed by atoms with van der Waals surface area (Å²) in [5.41, 5.74) is 2.21. The number of hydrogen-bond donors (Lipinski definition) is 4. The van der Waals surface area contributed by atoms with Crippen molar-refractivity contribution in [2.75, 3.05) is 23.8 Å². The van der Waals surface area contributed by atoms with Crippen LogP contribution in [-0.4, -0.2) is 64.1 Å². The van der Waals surface area contributed by atoms with Crippen molar-refractivity contribution in [1.29, 1.82) is 0 Å². The van der Waals surface area contributed by atoms with Crippen molar-refractivity contribution >= 4 is 64.3 Å². The van der Waals surface area contributed by atoms with Gasteiger partial charge >= 0.3 is 5.97 Å². The van der Waals surface area contributed by atoms with Crippen LogP contribution in [-0.2, 0) is 19.2 Å². The van der Waals surface area contributed by atoms with Crippen LogP contribution < -0.4 is 20.3 Å². The number of halogens is 2. The predicted octanol–water partition coefficient (Wildman–Crippen LogP) is 5.95. The molecule has 3 aromatic rings. The van der Waals surface area contributed by atoms with Gasteiger partial charge in [0.05, 0.1) is 18.7 Å². The van der Waals surface area contributed by atoms with E-state index in [1.807, 2.05) is 0 Å². The van der Waals surface area contributed by atoms with Gasteiger partial charge in [0.1, 0.15) is 17.0 Å². The second-order valence-electron chi connectivity index (χ2n) is 12.1. The monoisotopic (exact) mass is 728 g/mol. The lowest BCUT2D eigenvalue weighted by atomic mass is 9.85. The Balaban J connectivity index is 1.15. The fourth-order valence-electron chi connectivity index (χ4n) is 5.94. The lowest BCUT2D eigenvalue weighted by Gasteiger charge is -2.47. The molecule has 3 amide bonds. The molecule has 2 aliphatic rings. The molecule has 1 aliphatic heterocycles. The lowest BCUT2D eigenvalue weighted by molar-refractivity contribution is -0.142. The number of β-lactam (4-membered cyclic amide) rings is 1. The van der Waals surface area contributed by atoms with Crippen molar-refractivity contribution in [2.24, 2.45) is 5.89 Å². The maximum Gasteiger partial charge on any atom is 0.326 e. The number of carbonyl (C=O) groups excluding carboxylic acids is 3. The highest BCUT2D eigenvalue weighted by Gasteiger charge is 2.49. The van der Waals surface area contributed by atoms with E-state index < -0.39 is 47.6 Å². The number of aliphatic hydroxyl groups excluding tert-OH is 1. The number of benzene rings is 3. The Labute approximate surface area is 300 Å². The smallest absolute Gasteiger partial charge is 0.326 e. The summed E-state index contributed by atoms with van der Waals surface area (Å²) >= 11 is 13.4. The Morgan fingerprint density at radius 3 is 2.20 bits per heavy atom. The Bertz CT molecular complexity index is 1660. The SMILES string of the molecule is [2H]C1(C[C@H](NC(=O)CNC(=O)COc2ccc([C@@H]3[C@@H](SCC(O)c4ccc(Cl)cc4)C(=O)N3c3ccc(Cl)cc3)cc2)C(=O)O)CCCCC1. The van der Waals surface area contributed by atoms with Gasteiger partial charge in [0.15, 0.2) is 6.61 Å². The van der Waals surface area contributed by atoms with Gasteiger partial charge in [-0.25, -0.2) is 4.79 Å². The zero-order chi connectivity index (χ0) is 35.8. The molecule has 0 bridgehead atoms. The number of carboxylic acids is 1. The minimum Gasteiger partial charge on any atom is -0.484 e. The van der Waals surface area contributed by atoms with E-state index in [2.05, 4.69) is 10.6 Å². The fourth-order valence-corrected chi connectivity index (χ4v) is 7.50. The van der Waals surface area contributed by atoms with E-state index in [1.54, 1.807) is 77.7 Å². The zero-order valence-electron chi connectivity index (χ0n) is 27.6. The number of carbonyl (C=O) groups is 4. The van der Waals surface area contributed by atoms with Gasteiger partial charge < -0.3 is 30.5 Å². The molecule has 5 rings (SSSR count). The molecule has 1 heterocycles. The molecule has 4 N–H and O–H groups in total. The van der Waals surface area contributed by atoms with Gasteiger partial charge in [0.2, 0.25) is 11.8 Å². The predicted molar refractivity (Wildman–Crippen MR) is 190 cm³/mol. The van der Waals surface area contributed by atoms with Crippen LogP contribution >= 0.6 is 35.0 Å². The Morgan fingerprint density at radius 2 is 1.57 bits per heavy atom. The summed E-state index contributed by atoms with van der Waals surface area (Å²) in [5, 5.41) is 25.9. The van der Waals surface area contributed by atoms with E-state index >= 15 is 0 Å². The summed E-state index contributed by atoms with van der Waals surface area (Å²) in [6, 6.07) is 19.3. The first kappa shape index (κ1) is 35.1. The molecule has 260 valence electrons. The molecular formula is C36H39Cl2N3O7S. The summed E-state index contributed by atoms with van der Waals surface area (Å²) in [6.07, 6.45) is 3.15. The third-order valence-corrected chi connectivity index (χ3v) is 10.4. The molecular weight excluding hydrogens is 689 g/mol. The number of aliphatic hydroxyl groups is 1. The van der Waals surface area contributed by atoms with Crippen molar-refractivity contribution in [3.05, 3.63) is 94.0 Å². The first-order chi connectivity index (χ1) is 23.9. The lowest BCUT2D eigenvalue weighted by Crippen LogP contribution is -2.57. The van der Waals surface area contributed by atoms with Crippen molar-refractivity contribution in [3.8, 4) is 5.75 Å². The summed E-state index contributed by atoms with van der Waals surface area (Å²) < 4.78 is 14.2. The summed E-state index contributed by atoms with van der Waals surface area (Å²) in [5.74, 6) is -2.76. The van der Waals surface area contributed by atoms with Crippen molar-refractivity contribution in [1.82, 2.24) is 10.6 Å². The average molecular weight is 730 g/mol. The van der Waals surface area contributed by atoms with Crippen molar-refractivity contribution in [3.63, 3.8) is 0 Å². The number of nitrogens with one attached hydrogen (secondary N) is 2. The second-order valence-corrected chi connectivity index (χ2v) is 14.1. The molecule has 4 atom stereocenters. The molecule has 1 saturated carbocycles. The molecule has 1 aliphatic carbocycles. The van der Waals surface area contributed by atoms with Gasteiger partial charge in [-0.05, 0) is 72.0 Å². The second kappa shape index (κ2) is 17.2. The number of anilines is 1. The van der Waals surface area contributed by atoms with Crippen molar-refractivity contribution in [2.45, 2.75) is 62.0 Å². The van der Waals surface area contributed by atoms with E-state index in [1.165, 1.54) is 11.8 Å². The van der Waals surface area contributed by atoms with Crippen LogP contribution in [0.15, 0.2) is 72.8 Å². The normalized spacial score (nSPS) is 19.9. The van der Waals surface area contributed by atoms with Crippen LogP contribution in [0.5, 0.6) is 5.75 Å². The molecule has 3 aromatic carbocycles. The Hall–Kier alpha value is -3.77. The number of nitrogens with zero attached hydrogens (tertiary/aromatic N) is 1. The minimum atomic E-state index is -1.21. The zero-order valence-corrected chi connectivity index (χ0v) is 29.0. The molecule has 0 aromatic heterocycles. The molecule has 0 radical (unpaired) electrons. The quantitative estimate of drug-likeness (QED) is 0.141. The maximum absolute atomic E-state index is 13.4. The van der Waals surface area contributed by atoms with Crippen LogP contribution in [0.2, 0.25) is 10.0 Å². The summed E-state index contributed by atoms with van der Waals surface area (Å²) in [4.78, 5) is 51.7. The summed E-state index contributed by atoms with van der Waals surface area (Å²) in [6.45, 7) is -0.817. The van der Waals surface area contributed by atoms with Crippen LogP contribution in [0.25, 0.3) is 0 Å². The molecule has 49 heavy (non-hydrogen) atoms. The highest BCUT2D eigenvalue weighted by atomic mass is 35.5. The molecule has 10 nitrogen and oxygen atoms in total. The third kappa shape index (κ3) is 9.91. The molecule has 0 spiro atoms. The topological polar surface area (TPSA) is 145 Å². The van der Waals surface area contributed by atoms with E-state index in [-0.39, 0.29) is 25.0 Å². The number of aliphatic carboxylic acids is 1. The number of carboxylic acid groups (broad SMARTS) is 1. The maximum atomic E-state index is 13.4. The van der Waals surface area contributed by atoms with Gasteiger partial charge in [-0.3, -0.25) is 14.4 Å². The van der Waals surface area contributed by atoms with Gasteiger partial charge in [-0.15, -0.1) is 11.8 Å². The highest BCUT2D eigenvalue weighted by molar-refractivity contribution is 8.00. The third-order valence-electron chi connectivity index (χ3n) is 8.56. The van der Waals surface area contributed by atoms with E-state index in [4.69, 9.17) is 29.3 Å². The molecule has 1 saturated heterocycles. The van der Waals surface area contributed by atoms with E-state index in [0.717, 1.165) is 24.8 Å². The first-order valence-corrected chi connectivity index (χ1v) is 17.9. The van der Waals surface area contributed by atoms with Gasteiger partial charge in [-0.1, -0.05) is 79.6 Å². The van der Waals surface area contributed by atoms with E-state index in [9.17, 15) is 29.4 Å². The highest BCUT2D eigenvalue weighted by Crippen LogP contribution is 2.46. The Kier molecular flexibility index (Phi) is 12.3. The largest absolute Gasteiger partial charge is 0.484 e. The van der Waals surface area contributed by atoms with Crippen LogP contribution in [0, 0.1) is 5.89 Å². The summed E-state index contributed by atoms with van der Waals surface area (Å²) in [7, 11) is 0. The number of thioether (sulfide) groups is 1. The minimum absolute atomic E-state index is 0.0123. The van der Waals surface area contributed by atoms with Crippen LogP contribution in [0.4, 0.5) is 5.69 Å². The average Bonchev–Trinajstić information content (AvgIpc) is 3.10. The van der Waals surface area contributed by atoms with Gasteiger partial charge in [0, 0.05) is 22.9 Å². The van der Waals surface area contributed by atoms with E-state index in [0.29, 0.717) is 45.6 Å². The van der Waals surface area contributed by atoms with Crippen LogP contribution in [0.3, 0.4) is 0 Å². The molecule has 2 fully saturated rings. The van der Waals surface area contributed by atoms with Gasteiger partial charge in [-0.2, -0.15) is 0 Å². The number of rotatable bonds is 15. The number of amides is 3. The molecule has 13 heteroatoms. The first-order valence-electron chi connectivity index (χ1n) is 16.6.